The van der Waals surface area contributed by atoms with Gasteiger partial charge in [-0.1, -0.05) is 184 Å². The average Bonchev–Trinajstić information content (AvgIpc) is 3.41. The van der Waals surface area contributed by atoms with Crippen LogP contribution in [0.3, 0.4) is 0 Å². The fraction of sp³-hybridized carbons (Fsp3) is 0.185. The summed E-state index contributed by atoms with van der Waals surface area (Å²) in [6, 6.07) is 63.6. The number of fused-ring (bicyclic) bond motifs is 7. The van der Waals surface area contributed by atoms with Crippen LogP contribution in [0.25, 0.3) is 77.2 Å². The van der Waals surface area contributed by atoms with Gasteiger partial charge in [0.2, 0.25) is 0 Å². The average molecular weight is 793 g/mol. The van der Waals surface area contributed by atoms with Crippen molar-refractivity contribution in [3.05, 3.63) is 181 Å². The zero-order valence-corrected chi connectivity index (χ0v) is 34.2. The Morgan fingerprint density at radius 2 is 0.732 bits per heavy atom. The molecule has 8 aromatic carbocycles. The van der Waals surface area contributed by atoms with Crippen molar-refractivity contribution in [2.24, 2.45) is 0 Å². The molecule has 1 aliphatic rings. The van der Waals surface area contributed by atoms with Crippen LogP contribution in [0.5, 0.6) is 0 Å². The minimum atomic E-state index is 0. The molecule has 0 fully saturated rings. The van der Waals surface area contributed by atoms with Gasteiger partial charge in [0.1, 0.15) is 13.1 Å². The van der Waals surface area contributed by atoms with Crippen LogP contribution in [0.4, 0.5) is 0 Å². The van der Waals surface area contributed by atoms with E-state index in [4.69, 9.17) is 0 Å². The van der Waals surface area contributed by atoms with E-state index in [1.165, 1.54) is 127 Å². The first kappa shape index (κ1) is 37.6. The number of hydrogen-bond acceptors (Lipinski definition) is 0. The molecule has 56 heavy (non-hydrogen) atoms. The monoisotopic (exact) mass is 791 g/mol. The highest BCUT2D eigenvalue weighted by molar-refractivity contribution is 6.12. The second-order valence-electron chi connectivity index (χ2n) is 15.7. The van der Waals surface area contributed by atoms with Gasteiger partial charge in [0.25, 0.3) is 0 Å². The van der Waals surface area contributed by atoms with Crippen LogP contribution in [-0.4, -0.2) is 17.6 Å². The van der Waals surface area contributed by atoms with E-state index in [0.717, 1.165) is 17.6 Å². The van der Waals surface area contributed by atoms with Gasteiger partial charge < -0.3 is 21.5 Å². The second kappa shape index (κ2) is 16.4. The van der Waals surface area contributed by atoms with Crippen LogP contribution in [-0.2, 0) is 13.1 Å². The van der Waals surface area contributed by atoms with Crippen molar-refractivity contribution >= 4 is 21.5 Å². The van der Waals surface area contributed by atoms with Crippen LogP contribution >= 0.6 is 0 Å². The molecular formula is C54H50BrN. The molecule has 0 saturated carbocycles. The number of halogens is 1. The lowest BCUT2D eigenvalue weighted by Crippen LogP contribution is -3.00. The van der Waals surface area contributed by atoms with Gasteiger partial charge in [-0.3, -0.25) is 0 Å². The summed E-state index contributed by atoms with van der Waals surface area (Å²) in [6.07, 6.45) is 4.83. The Labute approximate surface area is 343 Å². The van der Waals surface area contributed by atoms with Crippen LogP contribution < -0.4 is 17.0 Å². The fourth-order valence-electron chi connectivity index (χ4n) is 9.28. The Kier molecular flexibility index (Phi) is 11.1. The van der Waals surface area contributed by atoms with Crippen molar-refractivity contribution in [3.63, 3.8) is 0 Å². The normalized spacial score (nSPS) is 13.1. The van der Waals surface area contributed by atoms with E-state index in [2.05, 4.69) is 184 Å². The summed E-state index contributed by atoms with van der Waals surface area (Å²) in [5.41, 5.74) is 16.2. The lowest BCUT2D eigenvalue weighted by atomic mass is 9.82. The van der Waals surface area contributed by atoms with Crippen LogP contribution in [0, 0.1) is 0 Å². The third-order valence-electron chi connectivity index (χ3n) is 12.1. The molecule has 0 saturated heterocycles. The van der Waals surface area contributed by atoms with Gasteiger partial charge in [0, 0.05) is 22.3 Å². The Morgan fingerprint density at radius 3 is 1.12 bits per heavy atom. The number of benzene rings is 8. The predicted octanol–water partition coefficient (Wildman–Crippen LogP) is 11.8. The highest BCUT2D eigenvalue weighted by Gasteiger charge is 2.37. The number of hydrogen-bond donors (Lipinski definition) is 0. The van der Waals surface area contributed by atoms with Gasteiger partial charge in [-0.2, -0.15) is 0 Å². The molecule has 0 radical (unpaired) electrons. The molecule has 0 N–H and O–H groups in total. The summed E-state index contributed by atoms with van der Waals surface area (Å²) in [5.74, 6) is 0. The molecule has 0 bridgehead atoms. The molecule has 0 amide bonds. The van der Waals surface area contributed by atoms with Gasteiger partial charge >= 0.3 is 0 Å². The van der Waals surface area contributed by atoms with E-state index in [1.54, 1.807) is 0 Å². The number of rotatable bonds is 10. The zero-order chi connectivity index (χ0) is 37.2. The Balaban J connectivity index is 0.00000441. The topological polar surface area (TPSA) is 0 Å². The Morgan fingerprint density at radius 1 is 0.393 bits per heavy atom. The molecule has 1 aliphatic heterocycles. The van der Waals surface area contributed by atoms with Crippen molar-refractivity contribution in [3.8, 4) is 55.6 Å². The highest BCUT2D eigenvalue weighted by Crippen LogP contribution is 2.50. The van der Waals surface area contributed by atoms with Gasteiger partial charge in [0.15, 0.2) is 0 Å². The fourth-order valence-corrected chi connectivity index (χ4v) is 9.28. The summed E-state index contributed by atoms with van der Waals surface area (Å²) in [7, 11) is 0. The first-order chi connectivity index (χ1) is 27.1. The molecular weight excluding hydrogens is 743 g/mol. The minimum Gasteiger partial charge on any atom is -1.00 e. The van der Waals surface area contributed by atoms with Crippen LogP contribution in [0.2, 0.25) is 0 Å². The summed E-state index contributed by atoms with van der Waals surface area (Å²) >= 11 is 0. The lowest BCUT2D eigenvalue weighted by Gasteiger charge is -2.39. The number of unbranched alkanes of at least 4 members (excludes halogenated alkanes) is 2. The largest absolute Gasteiger partial charge is 1.00 e. The maximum Gasteiger partial charge on any atom is 0.106 e. The standard InChI is InChI=1S/C54H50N.BrH/c1-3-5-33-55(34-6-4-2)37-51-49(43-29-25-41(26-30-43)39-17-9-7-10-18-39)35-45-21-13-15-23-47(45)53(51)54-48-24-16-14-22-46(48)36-50(52(54)38-55)44-31-27-42(28-32-44)40-19-11-8-12-20-40;/h7-32,35-36H,3-6,33-34,37-38H2,1-2H3;1H/q+1;/p-1. The van der Waals surface area contributed by atoms with E-state index < -0.39 is 0 Å². The van der Waals surface area contributed by atoms with Gasteiger partial charge in [0.05, 0.1) is 13.1 Å². The molecule has 1 nitrogen and oxygen atoms in total. The number of nitrogens with zero attached hydrogens (tertiary/aromatic N) is 1. The molecule has 0 aliphatic carbocycles. The van der Waals surface area contributed by atoms with Gasteiger partial charge in [-0.25, -0.2) is 0 Å². The van der Waals surface area contributed by atoms with Crippen molar-refractivity contribution in [2.75, 3.05) is 13.1 Å². The summed E-state index contributed by atoms with van der Waals surface area (Å²) in [4.78, 5) is 0. The van der Waals surface area contributed by atoms with Crippen molar-refractivity contribution in [2.45, 2.75) is 52.6 Å². The molecule has 0 spiro atoms. The van der Waals surface area contributed by atoms with Gasteiger partial charge in [-0.15, -0.1) is 0 Å². The molecule has 278 valence electrons. The summed E-state index contributed by atoms with van der Waals surface area (Å²) in [5, 5.41) is 5.32. The first-order valence-corrected chi connectivity index (χ1v) is 20.4. The minimum absolute atomic E-state index is 0. The molecule has 8 aromatic rings. The summed E-state index contributed by atoms with van der Waals surface area (Å²) < 4.78 is 1.07. The molecule has 1 heterocycles. The molecule has 0 aromatic heterocycles. The zero-order valence-electron chi connectivity index (χ0n) is 32.6. The third-order valence-corrected chi connectivity index (χ3v) is 12.1. The summed E-state index contributed by atoms with van der Waals surface area (Å²) in [6.45, 7) is 9.10. The smallest absolute Gasteiger partial charge is 0.106 e. The number of quaternary nitrogens is 1. The maximum absolute atomic E-state index is 2.50. The molecule has 0 unspecified atom stereocenters. The lowest BCUT2D eigenvalue weighted by molar-refractivity contribution is -0.953. The van der Waals surface area contributed by atoms with E-state index in [-0.39, 0.29) is 17.0 Å². The molecule has 9 rings (SSSR count). The molecule has 2 heteroatoms. The highest BCUT2D eigenvalue weighted by atomic mass is 79.9. The van der Waals surface area contributed by atoms with E-state index in [9.17, 15) is 0 Å². The van der Waals surface area contributed by atoms with E-state index in [0.29, 0.717) is 0 Å². The first-order valence-electron chi connectivity index (χ1n) is 20.4. The Bertz CT molecular complexity index is 2400. The van der Waals surface area contributed by atoms with Crippen molar-refractivity contribution < 1.29 is 21.5 Å². The van der Waals surface area contributed by atoms with Gasteiger partial charge in [-0.05, 0) is 91.0 Å². The third kappa shape index (κ3) is 7.13. The van der Waals surface area contributed by atoms with Crippen molar-refractivity contribution in [1.29, 1.82) is 0 Å². The van der Waals surface area contributed by atoms with Crippen LogP contribution in [0.1, 0.15) is 50.7 Å². The maximum atomic E-state index is 2.50. The predicted molar refractivity (Wildman–Crippen MR) is 236 cm³/mol. The quantitative estimate of drug-likeness (QED) is 0.121. The van der Waals surface area contributed by atoms with E-state index >= 15 is 0 Å². The molecule has 0 atom stereocenters. The van der Waals surface area contributed by atoms with E-state index in [1.807, 2.05) is 0 Å². The second-order valence-corrected chi connectivity index (χ2v) is 15.7. The van der Waals surface area contributed by atoms with Crippen LogP contribution in [0.15, 0.2) is 170 Å². The Hall–Kier alpha value is -5.28. The van der Waals surface area contributed by atoms with Crippen molar-refractivity contribution in [1.82, 2.24) is 0 Å². The SMILES string of the molecule is CCCC[N+]1(CCCC)Cc2c(-c3ccc(-c4ccccc4)cc3)cc3ccccc3c2-c2c(c(-c3ccc(-c4ccccc4)cc3)cc3ccccc23)C1.[Br-].